The van der Waals surface area contributed by atoms with Gasteiger partial charge in [-0.25, -0.2) is 0 Å². The minimum absolute atomic E-state index is 0.0426. The lowest BCUT2D eigenvalue weighted by atomic mass is 9.94. The van der Waals surface area contributed by atoms with Crippen LogP contribution in [-0.2, 0) is 9.53 Å². The van der Waals surface area contributed by atoms with Crippen LogP contribution in [0.15, 0.2) is 0 Å². The van der Waals surface area contributed by atoms with E-state index in [9.17, 15) is 4.79 Å². The van der Waals surface area contributed by atoms with Crippen LogP contribution >= 0.6 is 0 Å². The Kier molecular flexibility index (Phi) is 4.71. The molecule has 0 spiro atoms. The zero-order valence-corrected chi connectivity index (χ0v) is 9.85. The molecule has 5 heteroatoms. The van der Waals surface area contributed by atoms with Gasteiger partial charge in [0.2, 0.25) is 5.91 Å². The van der Waals surface area contributed by atoms with Gasteiger partial charge in [0.05, 0.1) is 25.1 Å². The molecule has 0 aliphatic carbocycles. The fraction of sp³-hybridized carbons (Fsp3) is 0.818. The molecule has 2 atom stereocenters. The highest BCUT2D eigenvalue weighted by molar-refractivity contribution is 5.79. The largest absolute Gasteiger partial charge is 0.360 e. The number of rotatable bonds is 3. The molecule has 1 fully saturated rings. The van der Waals surface area contributed by atoms with E-state index in [0.29, 0.717) is 26.2 Å². The lowest BCUT2D eigenvalue weighted by Gasteiger charge is -2.33. The summed E-state index contributed by atoms with van der Waals surface area (Å²) in [6, 6.07) is 2.03. The van der Waals surface area contributed by atoms with Crippen LogP contribution in [0.25, 0.3) is 0 Å². The summed E-state index contributed by atoms with van der Waals surface area (Å²) in [5.41, 5.74) is 5.60. The van der Waals surface area contributed by atoms with E-state index in [0.717, 1.165) is 0 Å². The van der Waals surface area contributed by atoms with Crippen molar-refractivity contribution >= 4 is 5.91 Å². The van der Waals surface area contributed by atoms with Crippen LogP contribution in [0, 0.1) is 23.2 Å². The predicted molar refractivity (Wildman–Crippen MR) is 59.3 cm³/mol. The summed E-state index contributed by atoms with van der Waals surface area (Å²) in [6.07, 6.45) is -0.497. The average molecular weight is 225 g/mol. The average Bonchev–Trinajstić information content (AvgIpc) is 2.29. The molecule has 0 aromatic heterocycles. The Morgan fingerprint density at radius 1 is 1.69 bits per heavy atom. The standard InChI is InChI=1S/C11H19N3O2/c1-8(2)10(6-13)11(15)14-3-4-16-9(5-12)7-14/h8-10H,3-4,6-7,13H2,1-2H3. The van der Waals surface area contributed by atoms with E-state index in [4.69, 9.17) is 15.7 Å². The number of nitrogens with zero attached hydrogens (tertiary/aromatic N) is 2. The number of hydrogen-bond donors (Lipinski definition) is 1. The van der Waals surface area contributed by atoms with Gasteiger partial charge in [-0.15, -0.1) is 0 Å². The summed E-state index contributed by atoms with van der Waals surface area (Å²) in [5, 5.41) is 8.76. The molecule has 0 bridgehead atoms. The van der Waals surface area contributed by atoms with Crippen molar-refractivity contribution < 1.29 is 9.53 Å². The maximum absolute atomic E-state index is 12.1. The normalized spacial score (nSPS) is 22.9. The molecular formula is C11H19N3O2. The van der Waals surface area contributed by atoms with Gasteiger partial charge in [0, 0.05) is 13.1 Å². The molecule has 16 heavy (non-hydrogen) atoms. The van der Waals surface area contributed by atoms with E-state index in [-0.39, 0.29) is 17.7 Å². The van der Waals surface area contributed by atoms with Crippen LogP contribution in [0.1, 0.15) is 13.8 Å². The van der Waals surface area contributed by atoms with E-state index in [1.54, 1.807) is 4.90 Å². The first kappa shape index (κ1) is 12.9. The Hall–Kier alpha value is -1.12. The summed E-state index contributed by atoms with van der Waals surface area (Å²) in [4.78, 5) is 13.8. The Labute approximate surface area is 96.2 Å². The molecule has 90 valence electrons. The SMILES string of the molecule is CC(C)C(CN)C(=O)N1CCOC(C#N)C1. The van der Waals surface area contributed by atoms with Crippen LogP contribution in [0.5, 0.6) is 0 Å². The van der Waals surface area contributed by atoms with Gasteiger partial charge in [-0.3, -0.25) is 4.79 Å². The second kappa shape index (κ2) is 5.83. The Bertz CT molecular complexity index is 285. The highest BCUT2D eigenvalue weighted by Gasteiger charge is 2.30. The third kappa shape index (κ3) is 2.94. The van der Waals surface area contributed by atoms with Crippen LogP contribution in [0.3, 0.4) is 0 Å². The molecule has 1 amide bonds. The van der Waals surface area contributed by atoms with Crippen molar-refractivity contribution in [2.75, 3.05) is 26.2 Å². The minimum atomic E-state index is -0.497. The Morgan fingerprint density at radius 3 is 2.88 bits per heavy atom. The maximum atomic E-state index is 12.1. The first-order chi connectivity index (χ1) is 7.60. The number of nitrogens with two attached hydrogens (primary N) is 1. The lowest BCUT2D eigenvalue weighted by molar-refractivity contribution is -0.142. The molecule has 0 aromatic carbocycles. The lowest BCUT2D eigenvalue weighted by Crippen LogP contribution is -2.49. The van der Waals surface area contributed by atoms with Crippen molar-refractivity contribution in [2.24, 2.45) is 17.6 Å². The van der Waals surface area contributed by atoms with Gasteiger partial charge in [0.25, 0.3) is 0 Å². The van der Waals surface area contributed by atoms with E-state index >= 15 is 0 Å². The van der Waals surface area contributed by atoms with Gasteiger partial charge in [-0.2, -0.15) is 5.26 Å². The van der Waals surface area contributed by atoms with Crippen molar-refractivity contribution in [3.63, 3.8) is 0 Å². The molecule has 0 radical (unpaired) electrons. The zero-order chi connectivity index (χ0) is 12.1. The number of hydrogen-bond acceptors (Lipinski definition) is 4. The summed E-state index contributed by atoms with van der Waals surface area (Å²) in [5.74, 6) is 0.111. The first-order valence-corrected chi connectivity index (χ1v) is 5.60. The van der Waals surface area contributed by atoms with Crippen LogP contribution < -0.4 is 5.73 Å². The number of amides is 1. The quantitative estimate of drug-likeness (QED) is 0.731. The molecule has 2 N–H and O–H groups in total. The van der Waals surface area contributed by atoms with Gasteiger partial charge >= 0.3 is 0 Å². The number of carbonyl (C=O) groups is 1. The highest BCUT2D eigenvalue weighted by Crippen LogP contribution is 2.15. The van der Waals surface area contributed by atoms with E-state index in [1.807, 2.05) is 19.9 Å². The van der Waals surface area contributed by atoms with Gasteiger partial charge in [-0.1, -0.05) is 13.8 Å². The Balaban J connectivity index is 2.62. The van der Waals surface area contributed by atoms with Crippen molar-refractivity contribution in [1.82, 2.24) is 4.90 Å². The first-order valence-electron chi connectivity index (χ1n) is 5.60. The number of morpholine rings is 1. The molecule has 0 aromatic rings. The number of nitriles is 1. The predicted octanol–water partition coefficient (Wildman–Crippen LogP) is -0.0317. The molecular weight excluding hydrogens is 206 g/mol. The van der Waals surface area contributed by atoms with Gasteiger partial charge in [-0.05, 0) is 5.92 Å². The van der Waals surface area contributed by atoms with Crippen molar-refractivity contribution in [2.45, 2.75) is 20.0 Å². The summed E-state index contributed by atoms with van der Waals surface area (Å²) < 4.78 is 5.20. The molecule has 0 saturated carbocycles. The molecule has 1 aliphatic heterocycles. The fourth-order valence-electron chi connectivity index (χ4n) is 1.82. The van der Waals surface area contributed by atoms with Gasteiger partial charge in [0.1, 0.15) is 0 Å². The topological polar surface area (TPSA) is 79.3 Å². The van der Waals surface area contributed by atoms with Crippen molar-refractivity contribution in [3.05, 3.63) is 0 Å². The summed E-state index contributed by atoms with van der Waals surface area (Å²) in [6.45, 7) is 5.67. The molecule has 1 heterocycles. The smallest absolute Gasteiger partial charge is 0.227 e. The summed E-state index contributed by atoms with van der Waals surface area (Å²) >= 11 is 0. The monoisotopic (exact) mass is 225 g/mol. The van der Waals surface area contributed by atoms with Crippen molar-refractivity contribution in [1.29, 1.82) is 5.26 Å². The van der Waals surface area contributed by atoms with E-state index in [1.165, 1.54) is 0 Å². The molecule has 2 unspecified atom stereocenters. The zero-order valence-electron chi connectivity index (χ0n) is 9.85. The summed E-state index contributed by atoms with van der Waals surface area (Å²) in [7, 11) is 0. The molecule has 1 aliphatic rings. The molecule has 5 nitrogen and oxygen atoms in total. The molecule has 1 rings (SSSR count). The Morgan fingerprint density at radius 2 is 2.38 bits per heavy atom. The van der Waals surface area contributed by atoms with Crippen LogP contribution in [0.4, 0.5) is 0 Å². The molecule has 1 saturated heterocycles. The highest BCUT2D eigenvalue weighted by atomic mass is 16.5. The number of carbonyl (C=O) groups excluding carboxylic acids is 1. The van der Waals surface area contributed by atoms with E-state index in [2.05, 4.69) is 0 Å². The number of ether oxygens (including phenoxy) is 1. The van der Waals surface area contributed by atoms with Crippen LogP contribution in [0.2, 0.25) is 0 Å². The maximum Gasteiger partial charge on any atom is 0.227 e. The second-order valence-electron chi connectivity index (χ2n) is 4.36. The van der Waals surface area contributed by atoms with Gasteiger partial charge < -0.3 is 15.4 Å². The van der Waals surface area contributed by atoms with Crippen LogP contribution in [-0.4, -0.2) is 43.2 Å². The van der Waals surface area contributed by atoms with Crippen molar-refractivity contribution in [3.8, 4) is 6.07 Å². The second-order valence-corrected chi connectivity index (χ2v) is 4.36. The third-order valence-corrected chi connectivity index (χ3v) is 2.90. The van der Waals surface area contributed by atoms with Gasteiger partial charge in [0.15, 0.2) is 6.10 Å². The van der Waals surface area contributed by atoms with E-state index < -0.39 is 6.10 Å². The minimum Gasteiger partial charge on any atom is -0.360 e. The third-order valence-electron chi connectivity index (χ3n) is 2.90. The fourth-order valence-corrected chi connectivity index (χ4v) is 1.82.